The van der Waals surface area contributed by atoms with E-state index in [0.717, 1.165) is 18.7 Å². The fourth-order valence-electron chi connectivity index (χ4n) is 3.47. The van der Waals surface area contributed by atoms with Crippen molar-refractivity contribution in [2.45, 2.75) is 18.8 Å². The molecular weight excluding hydrogens is 346 g/mol. The molecule has 1 N–H and O–H groups in total. The van der Waals surface area contributed by atoms with Gasteiger partial charge in [-0.2, -0.15) is 14.7 Å². The number of H-pyrrole nitrogens is 1. The minimum Gasteiger partial charge on any atom is -0.339 e. The minimum atomic E-state index is 0.00685. The van der Waals surface area contributed by atoms with Gasteiger partial charge in [0.2, 0.25) is 0 Å². The molecule has 1 aliphatic heterocycles. The molecule has 0 spiro atoms. The van der Waals surface area contributed by atoms with Crippen molar-refractivity contribution < 1.29 is 4.79 Å². The molecule has 0 radical (unpaired) electrons. The van der Waals surface area contributed by atoms with Crippen LogP contribution < -0.4 is 0 Å². The second-order valence-corrected chi connectivity index (χ2v) is 6.52. The smallest absolute Gasteiger partial charge is 0.257 e. The van der Waals surface area contributed by atoms with Crippen molar-refractivity contribution in [1.29, 1.82) is 0 Å². The molecule has 1 saturated heterocycles. The zero-order valence-electron chi connectivity index (χ0n) is 14.4. The predicted molar refractivity (Wildman–Crippen MR) is 94.4 cm³/mol. The van der Waals surface area contributed by atoms with Crippen molar-refractivity contribution in [1.82, 2.24) is 44.7 Å². The van der Waals surface area contributed by atoms with Crippen molar-refractivity contribution in [3.63, 3.8) is 0 Å². The monoisotopic (exact) mass is 363 g/mol. The van der Waals surface area contributed by atoms with E-state index in [1.807, 2.05) is 29.3 Å². The fraction of sp³-hybridized carbons (Fsp3) is 0.294. The van der Waals surface area contributed by atoms with E-state index < -0.39 is 0 Å². The number of carbonyl (C=O) groups excluding carboxylic acids is 1. The van der Waals surface area contributed by atoms with E-state index in [1.165, 1.54) is 0 Å². The number of hydrogen-bond donors (Lipinski definition) is 1. The summed E-state index contributed by atoms with van der Waals surface area (Å²) in [7, 11) is 0. The van der Waals surface area contributed by atoms with Crippen LogP contribution in [0.25, 0.3) is 11.5 Å². The number of aromatic nitrogens is 8. The molecular formula is C17H17N9O. The number of likely N-dealkylation sites (tertiary alicyclic amines) is 1. The van der Waals surface area contributed by atoms with Crippen LogP contribution in [0.5, 0.6) is 0 Å². The first kappa shape index (κ1) is 15.7. The van der Waals surface area contributed by atoms with Crippen LogP contribution in [0.3, 0.4) is 0 Å². The van der Waals surface area contributed by atoms with E-state index in [1.54, 1.807) is 27.8 Å². The zero-order valence-corrected chi connectivity index (χ0v) is 14.4. The third-order valence-electron chi connectivity index (χ3n) is 4.90. The highest BCUT2D eigenvalue weighted by Crippen LogP contribution is 2.27. The Balaban J connectivity index is 1.37. The van der Waals surface area contributed by atoms with Crippen LogP contribution in [0.4, 0.5) is 0 Å². The lowest BCUT2D eigenvalue weighted by Crippen LogP contribution is -2.38. The van der Waals surface area contributed by atoms with Gasteiger partial charge >= 0.3 is 0 Å². The molecule has 4 aromatic heterocycles. The number of piperidine rings is 1. The number of hydrogen-bond acceptors (Lipinski definition) is 6. The van der Waals surface area contributed by atoms with Gasteiger partial charge in [0.15, 0.2) is 17.3 Å². The summed E-state index contributed by atoms with van der Waals surface area (Å²) in [6.45, 7) is 1.34. The fourth-order valence-corrected chi connectivity index (χ4v) is 3.47. The Hall–Kier alpha value is -3.56. The number of rotatable bonds is 3. The largest absolute Gasteiger partial charge is 0.339 e. The van der Waals surface area contributed by atoms with Gasteiger partial charge in [0.05, 0.1) is 11.8 Å². The molecule has 136 valence electrons. The molecule has 0 saturated carbocycles. The molecule has 27 heavy (non-hydrogen) atoms. The van der Waals surface area contributed by atoms with Crippen LogP contribution in [-0.4, -0.2) is 63.7 Å². The molecule has 1 amide bonds. The minimum absolute atomic E-state index is 0.00685. The van der Waals surface area contributed by atoms with Gasteiger partial charge in [0.25, 0.3) is 5.91 Å². The molecule has 5 rings (SSSR count). The maximum Gasteiger partial charge on any atom is 0.257 e. The van der Waals surface area contributed by atoms with E-state index in [-0.39, 0.29) is 11.8 Å². The first-order valence-corrected chi connectivity index (χ1v) is 8.80. The summed E-state index contributed by atoms with van der Waals surface area (Å²) < 4.78 is 3.49. The van der Waals surface area contributed by atoms with Crippen molar-refractivity contribution in [3.8, 4) is 5.82 Å². The lowest BCUT2D eigenvalue weighted by molar-refractivity contribution is 0.0710. The lowest BCUT2D eigenvalue weighted by Gasteiger charge is -2.30. The Kier molecular flexibility index (Phi) is 3.66. The van der Waals surface area contributed by atoms with Gasteiger partial charge in [-0.3, -0.25) is 9.89 Å². The zero-order chi connectivity index (χ0) is 18.2. The Labute approximate surface area is 153 Å². The molecule has 0 bridgehead atoms. The van der Waals surface area contributed by atoms with E-state index in [9.17, 15) is 4.79 Å². The number of carbonyl (C=O) groups is 1. The molecule has 0 atom stereocenters. The summed E-state index contributed by atoms with van der Waals surface area (Å²) in [6, 6.07) is 5.61. The highest BCUT2D eigenvalue weighted by atomic mass is 16.2. The molecule has 0 aromatic carbocycles. The third-order valence-corrected chi connectivity index (χ3v) is 4.90. The first-order valence-electron chi connectivity index (χ1n) is 8.80. The van der Waals surface area contributed by atoms with E-state index in [2.05, 4.69) is 30.6 Å². The number of aromatic amines is 1. The van der Waals surface area contributed by atoms with Crippen molar-refractivity contribution in [2.24, 2.45) is 0 Å². The summed E-state index contributed by atoms with van der Waals surface area (Å²) in [5.74, 6) is 1.75. The van der Waals surface area contributed by atoms with Gasteiger partial charge < -0.3 is 4.90 Å². The third kappa shape index (κ3) is 2.75. The molecule has 1 aliphatic rings. The van der Waals surface area contributed by atoms with Crippen LogP contribution in [-0.2, 0) is 0 Å². The highest BCUT2D eigenvalue weighted by Gasteiger charge is 2.28. The van der Waals surface area contributed by atoms with Gasteiger partial charge in [-0.1, -0.05) is 0 Å². The molecule has 10 nitrogen and oxygen atoms in total. The summed E-state index contributed by atoms with van der Waals surface area (Å²) in [6.07, 6.45) is 8.38. The SMILES string of the molecule is O=C(c1cn[nH]c1)N1CCC(c2nnc3ccc(-n4cccn4)nn23)CC1. The van der Waals surface area contributed by atoms with Crippen LogP contribution in [0.1, 0.15) is 34.9 Å². The second-order valence-electron chi connectivity index (χ2n) is 6.52. The molecule has 4 aromatic rings. The average Bonchev–Trinajstić information content (AvgIpc) is 3.48. The quantitative estimate of drug-likeness (QED) is 0.583. The Morgan fingerprint density at radius 3 is 2.81 bits per heavy atom. The number of amides is 1. The van der Waals surface area contributed by atoms with Gasteiger partial charge in [0.1, 0.15) is 0 Å². The van der Waals surface area contributed by atoms with Gasteiger partial charge in [-0.15, -0.1) is 15.3 Å². The highest BCUT2D eigenvalue weighted by molar-refractivity contribution is 5.93. The van der Waals surface area contributed by atoms with Crippen LogP contribution in [0.15, 0.2) is 43.0 Å². The topological polar surface area (TPSA) is 110 Å². The van der Waals surface area contributed by atoms with Crippen LogP contribution in [0, 0.1) is 0 Å². The molecule has 0 unspecified atom stereocenters. The average molecular weight is 363 g/mol. The van der Waals surface area contributed by atoms with Gasteiger partial charge in [-0.25, -0.2) is 4.68 Å². The summed E-state index contributed by atoms with van der Waals surface area (Å²) >= 11 is 0. The molecule has 0 aliphatic carbocycles. The molecule has 5 heterocycles. The summed E-state index contributed by atoms with van der Waals surface area (Å²) in [5, 5.41) is 24.0. The first-order chi connectivity index (χ1) is 13.3. The number of nitrogens with zero attached hydrogens (tertiary/aromatic N) is 8. The second kappa shape index (κ2) is 6.31. The number of nitrogens with one attached hydrogen (secondary N) is 1. The van der Waals surface area contributed by atoms with E-state index in [0.29, 0.717) is 30.1 Å². The maximum absolute atomic E-state index is 12.5. The Morgan fingerprint density at radius 2 is 2.07 bits per heavy atom. The Bertz CT molecular complexity index is 1060. The van der Waals surface area contributed by atoms with E-state index in [4.69, 9.17) is 0 Å². The predicted octanol–water partition coefficient (Wildman–Crippen LogP) is 1.05. The summed E-state index contributed by atoms with van der Waals surface area (Å²) in [4.78, 5) is 14.3. The summed E-state index contributed by atoms with van der Waals surface area (Å²) in [5.41, 5.74) is 1.30. The molecule has 1 fully saturated rings. The van der Waals surface area contributed by atoms with E-state index >= 15 is 0 Å². The standard InChI is InChI=1S/C17H17N9O/c27-17(13-10-18-19-11-13)24-8-4-12(5-9-24)16-22-21-14-2-3-15(23-26(14)16)25-7-1-6-20-25/h1-3,6-7,10-12H,4-5,8-9H2,(H,18,19). The maximum atomic E-state index is 12.5. The number of fused-ring (bicyclic) bond motifs is 1. The van der Waals surface area contributed by atoms with Crippen molar-refractivity contribution >= 4 is 11.6 Å². The van der Waals surface area contributed by atoms with Gasteiger partial charge in [-0.05, 0) is 31.0 Å². The lowest BCUT2D eigenvalue weighted by atomic mass is 9.96. The van der Waals surface area contributed by atoms with Crippen molar-refractivity contribution in [2.75, 3.05) is 13.1 Å². The Morgan fingerprint density at radius 1 is 1.19 bits per heavy atom. The van der Waals surface area contributed by atoms with Gasteiger partial charge in [0, 0.05) is 37.6 Å². The van der Waals surface area contributed by atoms with Crippen molar-refractivity contribution in [3.05, 3.63) is 54.4 Å². The van der Waals surface area contributed by atoms with Crippen LogP contribution >= 0.6 is 0 Å². The molecule has 10 heteroatoms. The van der Waals surface area contributed by atoms with Crippen LogP contribution in [0.2, 0.25) is 0 Å². The normalized spacial score (nSPS) is 15.5.